The number of aldehydes is 1. The molecule has 0 aliphatic heterocycles. The molecule has 1 heterocycles. The number of hydrogen-bond donors (Lipinski definition) is 1. The Morgan fingerprint density at radius 1 is 1.71 bits per heavy atom. The Labute approximate surface area is 41.2 Å². The van der Waals surface area contributed by atoms with Crippen LogP contribution in [-0.2, 0) is 0 Å². The fraction of sp³-hybridized carbons (Fsp3) is 0. The summed E-state index contributed by atoms with van der Waals surface area (Å²) in [5.74, 6) is 0. The Hall–Kier alpha value is -1.05. The summed E-state index contributed by atoms with van der Waals surface area (Å²) >= 11 is 0. The lowest BCUT2D eigenvalue weighted by Gasteiger charge is -1.70. The van der Waals surface area contributed by atoms with Gasteiger partial charge in [-0.25, -0.2) is 0 Å². The number of nitrogens with one attached hydrogen (secondary N) is 1. The van der Waals surface area contributed by atoms with Crippen molar-refractivity contribution in [1.29, 1.82) is 0 Å². The van der Waals surface area contributed by atoms with Gasteiger partial charge in [0.05, 0.1) is 5.69 Å². The van der Waals surface area contributed by atoms with Crippen LogP contribution in [0.3, 0.4) is 0 Å². The minimum absolute atomic E-state index is 0.625. The number of carbonyl (C=O) groups excluding carboxylic acids is 1. The van der Waals surface area contributed by atoms with Gasteiger partial charge in [-0.3, -0.25) is 4.79 Å². The van der Waals surface area contributed by atoms with Gasteiger partial charge in [0.25, 0.3) is 0 Å². The third-order valence-corrected chi connectivity index (χ3v) is 0.749. The average molecular weight is 96.1 g/mol. The predicted octanol–water partition coefficient (Wildman–Crippen LogP) is 0.827. The molecule has 1 N–H and O–H groups in total. The van der Waals surface area contributed by atoms with E-state index in [0.29, 0.717) is 5.69 Å². The molecule has 0 amide bonds. The van der Waals surface area contributed by atoms with Crippen LogP contribution in [0.4, 0.5) is 0 Å². The topological polar surface area (TPSA) is 32.9 Å². The summed E-state index contributed by atoms with van der Waals surface area (Å²) in [5.41, 5.74) is 0.625. The largest absolute Gasteiger partial charge is 0.359 e. The second-order valence-corrected chi connectivity index (χ2v) is 1.24. The first-order valence-electron chi connectivity index (χ1n) is 2.02. The second-order valence-electron chi connectivity index (χ2n) is 1.24. The first-order valence-corrected chi connectivity index (χ1v) is 2.02. The van der Waals surface area contributed by atoms with E-state index < -0.39 is 0 Å². The van der Waals surface area contributed by atoms with E-state index in [4.69, 9.17) is 0 Å². The van der Waals surface area contributed by atoms with Crippen molar-refractivity contribution in [2.75, 3.05) is 0 Å². The van der Waals surface area contributed by atoms with Gasteiger partial charge in [0, 0.05) is 6.20 Å². The number of H-pyrrole nitrogens is 1. The van der Waals surface area contributed by atoms with E-state index in [-0.39, 0.29) is 0 Å². The van der Waals surface area contributed by atoms with Gasteiger partial charge in [0.1, 0.15) is 0 Å². The predicted molar refractivity (Wildman–Crippen MR) is 26.2 cm³/mol. The van der Waals surface area contributed by atoms with Crippen LogP contribution in [0.15, 0.2) is 18.3 Å². The molecule has 7 heavy (non-hydrogen) atoms. The Bertz CT molecular complexity index is 143. The van der Waals surface area contributed by atoms with Crippen LogP contribution in [-0.4, -0.2) is 11.3 Å². The highest BCUT2D eigenvalue weighted by Crippen LogP contribution is 1.85. The van der Waals surface area contributed by atoms with Crippen molar-refractivity contribution in [1.82, 2.24) is 4.98 Å². The molecule has 2 nitrogen and oxygen atoms in total. The van der Waals surface area contributed by atoms with Crippen molar-refractivity contribution < 1.29 is 4.79 Å². The zero-order valence-electron chi connectivity index (χ0n) is 3.72. The molecule has 0 bridgehead atoms. The highest BCUT2D eigenvalue weighted by Gasteiger charge is 1.81. The fourth-order valence-corrected chi connectivity index (χ4v) is 0.418. The molecule has 0 atom stereocenters. The van der Waals surface area contributed by atoms with Crippen molar-refractivity contribution in [3.63, 3.8) is 0 Å². The number of aromatic nitrogens is 1. The van der Waals surface area contributed by atoms with Crippen LogP contribution in [0, 0.1) is 0 Å². The van der Waals surface area contributed by atoms with Crippen molar-refractivity contribution in [3.8, 4) is 0 Å². The zero-order chi connectivity index (χ0) is 5.11. The maximum absolute atomic E-state index is 9.84. The summed E-state index contributed by atoms with van der Waals surface area (Å²) in [5, 5.41) is 0. The van der Waals surface area contributed by atoms with Crippen LogP contribution in [0.25, 0.3) is 0 Å². The Balaban J connectivity index is 2.96. The monoisotopic (exact) mass is 96.0 g/mol. The third kappa shape index (κ3) is 0.682. The van der Waals surface area contributed by atoms with Crippen molar-refractivity contribution >= 4 is 6.29 Å². The number of aromatic amines is 1. The Morgan fingerprint density at radius 3 is 2.86 bits per heavy atom. The molecule has 0 aromatic carbocycles. The molecule has 0 radical (unpaired) electrons. The van der Waals surface area contributed by atoms with Crippen LogP contribution in [0.1, 0.15) is 10.5 Å². The van der Waals surface area contributed by atoms with Gasteiger partial charge in [-0.1, -0.05) is 0 Å². The molecule has 0 spiro atoms. The number of hydrogen-bond acceptors (Lipinski definition) is 1. The summed E-state index contributed by atoms with van der Waals surface area (Å²) in [6.07, 6.45) is 2.49. The molecule has 1 aromatic heterocycles. The molecular formula is C5H5NO. The zero-order valence-corrected chi connectivity index (χ0v) is 3.72. The summed E-state index contributed by atoms with van der Waals surface area (Å²) in [4.78, 5) is 12.6. The summed E-state index contributed by atoms with van der Waals surface area (Å²) in [6.45, 7) is 0. The molecule has 1 aromatic rings. The molecule has 0 aliphatic carbocycles. The lowest BCUT2D eigenvalue weighted by Crippen LogP contribution is -1.72. The molecule has 0 unspecified atom stereocenters. The van der Waals surface area contributed by atoms with Crippen LogP contribution in [0.2, 0.25) is 0 Å². The third-order valence-electron chi connectivity index (χ3n) is 0.749. The summed E-state index contributed by atoms with van der Waals surface area (Å²) in [7, 11) is 0. The Kier molecular flexibility index (Phi) is 0.941. The van der Waals surface area contributed by atoms with E-state index in [1.165, 1.54) is 0 Å². The average Bonchev–Trinajstić information content (AvgIpc) is 2.14. The molecule has 0 fully saturated rings. The summed E-state index contributed by atoms with van der Waals surface area (Å²) < 4.78 is 0. The van der Waals surface area contributed by atoms with E-state index in [0.717, 1.165) is 6.29 Å². The van der Waals surface area contributed by atoms with E-state index in [9.17, 15) is 4.79 Å². The van der Waals surface area contributed by atoms with Gasteiger partial charge in [-0.05, 0) is 12.1 Å². The highest BCUT2D eigenvalue weighted by atomic mass is 16.2. The maximum atomic E-state index is 9.84. The first-order chi connectivity index (χ1) is 3.43. The lowest BCUT2D eigenvalue weighted by molar-refractivity contribution is 0.111. The molecule has 36 valence electrons. The van der Waals surface area contributed by atoms with Gasteiger partial charge >= 0.3 is 0 Å². The van der Waals surface area contributed by atoms with Gasteiger partial charge in [-0.15, -0.1) is 0 Å². The summed E-state index contributed by atoms with van der Waals surface area (Å²) in [6, 6.07) is 3.50. The highest BCUT2D eigenvalue weighted by molar-refractivity contribution is 5.71. The smallest absolute Gasteiger partial charge is 0.166 e. The van der Waals surface area contributed by atoms with Crippen LogP contribution < -0.4 is 0 Å². The normalized spacial score (nSPS) is 8.57. The van der Waals surface area contributed by atoms with Crippen molar-refractivity contribution in [3.05, 3.63) is 24.0 Å². The molecule has 2 heteroatoms. The van der Waals surface area contributed by atoms with E-state index in [1.54, 1.807) is 18.3 Å². The molecule has 0 saturated heterocycles. The van der Waals surface area contributed by atoms with Crippen molar-refractivity contribution in [2.24, 2.45) is 0 Å². The van der Waals surface area contributed by atoms with Crippen molar-refractivity contribution in [2.45, 2.75) is 0 Å². The Morgan fingerprint density at radius 2 is 2.57 bits per heavy atom. The maximum Gasteiger partial charge on any atom is 0.166 e. The number of carbonyl (C=O) groups is 1. The lowest BCUT2D eigenvalue weighted by atomic mass is 10.6. The second kappa shape index (κ2) is 1.60. The quantitative estimate of drug-likeness (QED) is 0.407. The van der Waals surface area contributed by atoms with Crippen LogP contribution in [0.5, 0.6) is 0 Å². The SMILES string of the molecule is O=[13CH]c1ccc[nH]1. The van der Waals surface area contributed by atoms with Gasteiger partial charge in [-0.2, -0.15) is 0 Å². The van der Waals surface area contributed by atoms with Gasteiger partial charge < -0.3 is 4.98 Å². The number of rotatable bonds is 1. The minimum atomic E-state index is 0.625. The van der Waals surface area contributed by atoms with Crippen LogP contribution >= 0.6 is 0 Å². The molecule has 0 saturated carbocycles. The molecule has 0 aliphatic rings. The fourth-order valence-electron chi connectivity index (χ4n) is 0.418. The van der Waals surface area contributed by atoms with E-state index in [2.05, 4.69) is 4.98 Å². The first kappa shape index (κ1) is 4.12. The standard InChI is InChI=1S/C5H5NO/c7-4-5-2-1-3-6-5/h1-4,6H/i4+1. The molecular weight excluding hydrogens is 91.1 g/mol. The minimum Gasteiger partial charge on any atom is -0.359 e. The van der Waals surface area contributed by atoms with E-state index >= 15 is 0 Å². The van der Waals surface area contributed by atoms with Gasteiger partial charge in [0.2, 0.25) is 0 Å². The van der Waals surface area contributed by atoms with Gasteiger partial charge in [0.15, 0.2) is 6.29 Å². The van der Waals surface area contributed by atoms with E-state index in [1.807, 2.05) is 0 Å². The molecule has 1 rings (SSSR count).